The molecule has 2 rings (SSSR count). The van der Waals surface area contributed by atoms with Gasteiger partial charge in [0.05, 0.1) is 7.11 Å². The summed E-state index contributed by atoms with van der Waals surface area (Å²) in [5.41, 5.74) is 5.11. The Morgan fingerprint density at radius 3 is 2.47 bits per heavy atom. The van der Waals surface area contributed by atoms with Gasteiger partial charge in [0.2, 0.25) is 0 Å². The molecule has 2 heteroatoms. The molecule has 0 spiro atoms. The molecule has 98 valence electrons. The lowest BCUT2D eigenvalue weighted by atomic mass is 9.95. The van der Waals surface area contributed by atoms with E-state index in [4.69, 9.17) is 4.74 Å². The number of methoxy groups -OCH3 is 1. The molecule has 0 saturated heterocycles. The van der Waals surface area contributed by atoms with E-state index in [0.717, 1.165) is 28.0 Å². The van der Waals surface area contributed by atoms with Crippen LogP contribution in [0.4, 0.5) is 0 Å². The third-order valence-electron chi connectivity index (χ3n) is 3.22. The third kappa shape index (κ3) is 2.68. The fraction of sp³-hybridized carbons (Fsp3) is 0.235. The van der Waals surface area contributed by atoms with Crippen LogP contribution in [0.25, 0.3) is 11.1 Å². The van der Waals surface area contributed by atoms with Gasteiger partial charge >= 0.3 is 0 Å². The van der Waals surface area contributed by atoms with Gasteiger partial charge in [-0.1, -0.05) is 24.3 Å². The Labute approximate surface area is 114 Å². The van der Waals surface area contributed by atoms with Crippen LogP contribution in [0.5, 0.6) is 5.75 Å². The molecule has 0 aliphatic carbocycles. The highest BCUT2D eigenvalue weighted by Crippen LogP contribution is 2.34. The van der Waals surface area contributed by atoms with E-state index in [2.05, 4.69) is 13.0 Å². The maximum Gasteiger partial charge on any atom is 0.159 e. The summed E-state index contributed by atoms with van der Waals surface area (Å²) in [6, 6.07) is 11.8. The first-order chi connectivity index (χ1) is 9.02. The molecule has 0 amide bonds. The molecule has 0 atom stereocenters. The number of ether oxygens (including phenoxy) is 1. The molecule has 2 nitrogen and oxygen atoms in total. The predicted octanol–water partition coefficient (Wildman–Crippen LogP) is 4.18. The van der Waals surface area contributed by atoms with Gasteiger partial charge in [0, 0.05) is 11.1 Å². The summed E-state index contributed by atoms with van der Waals surface area (Å²) in [4.78, 5) is 11.5. The molecule has 0 fully saturated rings. The van der Waals surface area contributed by atoms with E-state index in [1.54, 1.807) is 14.0 Å². The van der Waals surface area contributed by atoms with Gasteiger partial charge in [-0.25, -0.2) is 0 Å². The minimum atomic E-state index is 0.0746. The fourth-order valence-corrected chi connectivity index (χ4v) is 2.35. The molecular weight excluding hydrogens is 236 g/mol. The van der Waals surface area contributed by atoms with E-state index in [9.17, 15) is 4.79 Å². The second kappa shape index (κ2) is 5.27. The Balaban J connectivity index is 2.64. The minimum absolute atomic E-state index is 0.0746. The summed E-state index contributed by atoms with van der Waals surface area (Å²) in [7, 11) is 1.67. The zero-order valence-corrected chi connectivity index (χ0v) is 11.8. The largest absolute Gasteiger partial charge is 0.496 e. The van der Waals surface area contributed by atoms with Crippen molar-refractivity contribution in [1.29, 1.82) is 0 Å². The summed E-state index contributed by atoms with van der Waals surface area (Å²) in [6.07, 6.45) is 0. The van der Waals surface area contributed by atoms with Crippen molar-refractivity contribution in [1.82, 2.24) is 0 Å². The molecule has 0 aliphatic rings. The van der Waals surface area contributed by atoms with Gasteiger partial charge in [-0.2, -0.15) is 0 Å². The number of carbonyl (C=O) groups is 1. The van der Waals surface area contributed by atoms with Crippen molar-refractivity contribution >= 4 is 5.78 Å². The van der Waals surface area contributed by atoms with E-state index >= 15 is 0 Å². The topological polar surface area (TPSA) is 26.3 Å². The van der Waals surface area contributed by atoms with Gasteiger partial charge in [0.1, 0.15) is 5.75 Å². The normalized spacial score (nSPS) is 10.3. The zero-order valence-electron chi connectivity index (χ0n) is 11.8. The Kier molecular flexibility index (Phi) is 3.70. The van der Waals surface area contributed by atoms with Crippen LogP contribution in [0.2, 0.25) is 0 Å². The molecule has 0 radical (unpaired) electrons. The van der Waals surface area contributed by atoms with E-state index in [1.165, 1.54) is 5.56 Å². The van der Waals surface area contributed by atoms with Crippen molar-refractivity contribution < 1.29 is 9.53 Å². The van der Waals surface area contributed by atoms with Gasteiger partial charge in [-0.15, -0.1) is 0 Å². The smallest absolute Gasteiger partial charge is 0.159 e. The van der Waals surface area contributed by atoms with Gasteiger partial charge in [-0.05, 0) is 49.6 Å². The molecule has 19 heavy (non-hydrogen) atoms. The molecule has 0 unspecified atom stereocenters. The lowest BCUT2D eigenvalue weighted by molar-refractivity contribution is 0.101. The summed E-state index contributed by atoms with van der Waals surface area (Å²) in [6.45, 7) is 5.69. The van der Waals surface area contributed by atoms with E-state index in [1.807, 2.05) is 37.3 Å². The molecule has 0 aromatic heterocycles. The van der Waals surface area contributed by atoms with Gasteiger partial charge in [-0.3, -0.25) is 4.79 Å². The number of ketones is 1. The Hall–Kier alpha value is -2.09. The fourth-order valence-electron chi connectivity index (χ4n) is 2.35. The molecule has 0 heterocycles. The highest BCUT2D eigenvalue weighted by atomic mass is 16.5. The Bertz CT molecular complexity index is 627. The van der Waals surface area contributed by atoms with Crippen LogP contribution in [0, 0.1) is 13.8 Å². The van der Waals surface area contributed by atoms with Crippen molar-refractivity contribution in [2.75, 3.05) is 7.11 Å². The van der Waals surface area contributed by atoms with E-state index in [0.29, 0.717) is 0 Å². The van der Waals surface area contributed by atoms with Crippen molar-refractivity contribution in [2.45, 2.75) is 20.8 Å². The molecule has 2 aromatic carbocycles. The first-order valence-corrected chi connectivity index (χ1v) is 6.29. The monoisotopic (exact) mass is 254 g/mol. The molecule has 0 saturated carbocycles. The third-order valence-corrected chi connectivity index (χ3v) is 3.22. The van der Waals surface area contributed by atoms with Crippen molar-refractivity contribution in [3.63, 3.8) is 0 Å². The molecule has 0 N–H and O–H groups in total. The second-order valence-corrected chi connectivity index (χ2v) is 4.80. The van der Waals surface area contributed by atoms with Gasteiger partial charge < -0.3 is 4.74 Å². The second-order valence-electron chi connectivity index (χ2n) is 4.80. The van der Waals surface area contributed by atoms with Crippen LogP contribution in [0.3, 0.4) is 0 Å². The number of hydrogen-bond donors (Lipinski definition) is 0. The Morgan fingerprint density at radius 1 is 1.11 bits per heavy atom. The summed E-state index contributed by atoms with van der Waals surface area (Å²) >= 11 is 0. The molecule has 0 bridgehead atoms. The molecule has 2 aromatic rings. The summed E-state index contributed by atoms with van der Waals surface area (Å²) in [5, 5.41) is 0. The summed E-state index contributed by atoms with van der Waals surface area (Å²) in [5.74, 6) is 0.920. The summed E-state index contributed by atoms with van der Waals surface area (Å²) < 4.78 is 5.48. The number of Topliss-reactive ketones (excluding diaryl/α,β-unsaturated/α-hetero) is 1. The number of benzene rings is 2. The average Bonchev–Trinajstić information content (AvgIpc) is 2.37. The highest BCUT2D eigenvalue weighted by Gasteiger charge is 2.11. The first-order valence-electron chi connectivity index (χ1n) is 6.29. The van der Waals surface area contributed by atoms with Gasteiger partial charge in [0.15, 0.2) is 5.78 Å². The average molecular weight is 254 g/mol. The Morgan fingerprint density at radius 2 is 1.84 bits per heavy atom. The first kappa shape index (κ1) is 13.3. The zero-order chi connectivity index (χ0) is 14.0. The lowest BCUT2D eigenvalue weighted by Crippen LogP contribution is -1.95. The standard InChI is InChI=1S/C17H18O2/c1-11-8-12(2)17(16(9-11)19-4)15-7-5-6-14(10-15)13(3)18/h5-10H,1-4H3. The number of hydrogen-bond acceptors (Lipinski definition) is 2. The molecule has 0 aliphatic heterocycles. The number of carbonyl (C=O) groups excluding carboxylic acids is 1. The minimum Gasteiger partial charge on any atom is -0.496 e. The van der Waals surface area contributed by atoms with Crippen LogP contribution in [0.15, 0.2) is 36.4 Å². The van der Waals surface area contributed by atoms with E-state index in [-0.39, 0.29) is 5.78 Å². The van der Waals surface area contributed by atoms with Crippen LogP contribution in [0.1, 0.15) is 28.4 Å². The van der Waals surface area contributed by atoms with Crippen LogP contribution in [-0.4, -0.2) is 12.9 Å². The van der Waals surface area contributed by atoms with Crippen LogP contribution >= 0.6 is 0 Å². The SMILES string of the molecule is COc1cc(C)cc(C)c1-c1cccc(C(C)=O)c1. The van der Waals surface area contributed by atoms with Crippen LogP contribution < -0.4 is 4.74 Å². The van der Waals surface area contributed by atoms with Crippen LogP contribution in [-0.2, 0) is 0 Å². The predicted molar refractivity (Wildman–Crippen MR) is 77.9 cm³/mol. The quantitative estimate of drug-likeness (QED) is 0.768. The number of rotatable bonds is 3. The van der Waals surface area contributed by atoms with Gasteiger partial charge in [0.25, 0.3) is 0 Å². The highest BCUT2D eigenvalue weighted by molar-refractivity contribution is 5.95. The van der Waals surface area contributed by atoms with E-state index < -0.39 is 0 Å². The van der Waals surface area contributed by atoms with Crippen molar-refractivity contribution in [3.05, 3.63) is 53.1 Å². The maximum atomic E-state index is 11.5. The number of aryl methyl sites for hydroxylation is 2. The lowest BCUT2D eigenvalue weighted by Gasteiger charge is -2.14. The van der Waals surface area contributed by atoms with Crippen molar-refractivity contribution in [2.24, 2.45) is 0 Å². The molecular formula is C17H18O2. The maximum absolute atomic E-state index is 11.5. The van der Waals surface area contributed by atoms with Crippen molar-refractivity contribution in [3.8, 4) is 16.9 Å².